The van der Waals surface area contributed by atoms with Crippen molar-refractivity contribution in [2.75, 3.05) is 5.32 Å². The molecule has 1 unspecified atom stereocenters. The molecule has 1 aliphatic carbocycles. The van der Waals surface area contributed by atoms with E-state index >= 15 is 0 Å². The van der Waals surface area contributed by atoms with Gasteiger partial charge in [-0.15, -0.1) is 0 Å². The first kappa shape index (κ1) is 11.5. The van der Waals surface area contributed by atoms with Gasteiger partial charge in [0.05, 0.1) is 11.9 Å². The molecule has 1 fully saturated rings. The zero-order valence-corrected chi connectivity index (χ0v) is 10.6. The standard InChI is InChI=1S/C13H23N3/c1-4-5-13(11-6-7-11)15-12-8-14-16(9-12)10(2)3/h8-11,13,15H,4-7H2,1-3H3. The second-order valence-electron chi connectivity index (χ2n) is 5.18. The molecule has 1 aromatic rings. The maximum atomic E-state index is 4.36. The van der Waals surface area contributed by atoms with Crippen molar-refractivity contribution in [2.45, 2.75) is 58.5 Å². The van der Waals surface area contributed by atoms with Crippen molar-refractivity contribution in [3.63, 3.8) is 0 Å². The van der Waals surface area contributed by atoms with Crippen molar-refractivity contribution < 1.29 is 0 Å². The van der Waals surface area contributed by atoms with Crippen LogP contribution in [0.4, 0.5) is 5.69 Å². The van der Waals surface area contributed by atoms with Crippen molar-refractivity contribution in [2.24, 2.45) is 5.92 Å². The van der Waals surface area contributed by atoms with Gasteiger partial charge in [0.25, 0.3) is 0 Å². The molecule has 1 aliphatic rings. The zero-order valence-electron chi connectivity index (χ0n) is 10.6. The Morgan fingerprint density at radius 2 is 2.25 bits per heavy atom. The molecule has 1 saturated carbocycles. The third-order valence-corrected chi connectivity index (χ3v) is 3.27. The normalized spacial score (nSPS) is 17.8. The van der Waals surface area contributed by atoms with E-state index in [0.29, 0.717) is 12.1 Å². The molecule has 3 nitrogen and oxygen atoms in total. The summed E-state index contributed by atoms with van der Waals surface area (Å²) in [7, 11) is 0. The number of anilines is 1. The van der Waals surface area contributed by atoms with Crippen molar-refractivity contribution >= 4 is 5.69 Å². The molecule has 0 bridgehead atoms. The Morgan fingerprint density at radius 3 is 2.75 bits per heavy atom. The lowest BCUT2D eigenvalue weighted by molar-refractivity contribution is 0.532. The number of aromatic nitrogens is 2. The van der Waals surface area contributed by atoms with Crippen LogP contribution in [-0.2, 0) is 0 Å². The molecular formula is C13H23N3. The average Bonchev–Trinajstić information content (AvgIpc) is 2.98. The summed E-state index contributed by atoms with van der Waals surface area (Å²) < 4.78 is 2.01. The first-order chi connectivity index (χ1) is 7.70. The molecule has 0 aliphatic heterocycles. The Morgan fingerprint density at radius 1 is 1.50 bits per heavy atom. The van der Waals surface area contributed by atoms with Crippen molar-refractivity contribution in [3.05, 3.63) is 12.4 Å². The molecule has 0 saturated heterocycles. The second-order valence-corrected chi connectivity index (χ2v) is 5.18. The maximum absolute atomic E-state index is 4.36. The highest BCUT2D eigenvalue weighted by Gasteiger charge is 2.30. The molecule has 1 aromatic heterocycles. The van der Waals surface area contributed by atoms with E-state index in [2.05, 4.69) is 37.4 Å². The second kappa shape index (κ2) is 4.89. The smallest absolute Gasteiger partial charge is 0.0728 e. The average molecular weight is 221 g/mol. The van der Waals surface area contributed by atoms with Gasteiger partial charge in [-0.2, -0.15) is 5.10 Å². The third-order valence-electron chi connectivity index (χ3n) is 3.27. The first-order valence-electron chi connectivity index (χ1n) is 6.51. The van der Waals surface area contributed by atoms with Gasteiger partial charge in [0.2, 0.25) is 0 Å². The van der Waals surface area contributed by atoms with Crippen LogP contribution < -0.4 is 5.32 Å². The molecule has 0 aromatic carbocycles. The van der Waals surface area contributed by atoms with Crippen LogP contribution in [0.2, 0.25) is 0 Å². The fourth-order valence-corrected chi connectivity index (χ4v) is 2.14. The van der Waals surface area contributed by atoms with Crippen LogP contribution in [0.3, 0.4) is 0 Å². The van der Waals surface area contributed by atoms with Crippen LogP contribution >= 0.6 is 0 Å². The summed E-state index contributed by atoms with van der Waals surface area (Å²) in [5.41, 5.74) is 1.18. The summed E-state index contributed by atoms with van der Waals surface area (Å²) in [5.74, 6) is 0.905. The van der Waals surface area contributed by atoms with Gasteiger partial charge in [-0.05, 0) is 39.0 Å². The molecule has 3 heteroatoms. The van der Waals surface area contributed by atoms with Crippen molar-refractivity contribution in [3.8, 4) is 0 Å². The van der Waals surface area contributed by atoms with Crippen molar-refractivity contribution in [1.29, 1.82) is 0 Å². The highest BCUT2D eigenvalue weighted by molar-refractivity contribution is 5.40. The predicted octanol–water partition coefficient (Wildman–Crippen LogP) is 3.45. The summed E-state index contributed by atoms with van der Waals surface area (Å²) in [5, 5.41) is 8.00. The van der Waals surface area contributed by atoms with Gasteiger partial charge < -0.3 is 5.32 Å². The highest BCUT2D eigenvalue weighted by Crippen LogP contribution is 2.36. The van der Waals surface area contributed by atoms with E-state index in [4.69, 9.17) is 0 Å². The Bertz CT molecular complexity index is 326. The minimum Gasteiger partial charge on any atom is -0.379 e. The molecule has 1 atom stereocenters. The number of hydrogen-bond acceptors (Lipinski definition) is 2. The molecule has 16 heavy (non-hydrogen) atoms. The fourth-order valence-electron chi connectivity index (χ4n) is 2.14. The van der Waals surface area contributed by atoms with Crippen LogP contribution in [0.25, 0.3) is 0 Å². The number of nitrogens with one attached hydrogen (secondary N) is 1. The number of hydrogen-bond donors (Lipinski definition) is 1. The lowest BCUT2D eigenvalue weighted by atomic mass is 10.1. The Kier molecular flexibility index (Phi) is 3.52. The third kappa shape index (κ3) is 2.77. The SMILES string of the molecule is CCCC(Nc1cnn(C(C)C)c1)C1CC1. The van der Waals surface area contributed by atoms with E-state index in [1.807, 2.05) is 10.9 Å². The van der Waals surface area contributed by atoms with Gasteiger partial charge in [0, 0.05) is 18.3 Å². The predicted molar refractivity (Wildman–Crippen MR) is 67.7 cm³/mol. The largest absolute Gasteiger partial charge is 0.379 e. The number of rotatable bonds is 6. The Balaban J connectivity index is 1.95. The van der Waals surface area contributed by atoms with E-state index in [0.717, 1.165) is 5.92 Å². The van der Waals surface area contributed by atoms with Gasteiger partial charge in [-0.25, -0.2) is 0 Å². The maximum Gasteiger partial charge on any atom is 0.0728 e. The van der Waals surface area contributed by atoms with E-state index in [1.165, 1.54) is 31.4 Å². The Hall–Kier alpha value is -0.990. The van der Waals surface area contributed by atoms with E-state index in [-0.39, 0.29) is 0 Å². The summed E-state index contributed by atoms with van der Waals surface area (Å²) >= 11 is 0. The van der Waals surface area contributed by atoms with Crippen LogP contribution in [0.15, 0.2) is 12.4 Å². The van der Waals surface area contributed by atoms with Gasteiger partial charge >= 0.3 is 0 Å². The summed E-state index contributed by atoms with van der Waals surface area (Å²) in [4.78, 5) is 0. The van der Waals surface area contributed by atoms with Crippen LogP contribution in [0.5, 0.6) is 0 Å². The van der Waals surface area contributed by atoms with Gasteiger partial charge in [0.15, 0.2) is 0 Å². The minimum absolute atomic E-state index is 0.445. The highest BCUT2D eigenvalue weighted by atomic mass is 15.3. The summed E-state index contributed by atoms with van der Waals surface area (Å²) in [6.45, 7) is 6.57. The lowest BCUT2D eigenvalue weighted by Crippen LogP contribution is -2.21. The summed E-state index contributed by atoms with van der Waals surface area (Å²) in [6, 6.07) is 1.11. The molecule has 1 N–H and O–H groups in total. The van der Waals surface area contributed by atoms with E-state index in [1.54, 1.807) is 0 Å². The summed E-state index contributed by atoms with van der Waals surface area (Å²) in [6.07, 6.45) is 9.40. The molecular weight excluding hydrogens is 198 g/mol. The Labute approximate surface area is 98.2 Å². The number of nitrogens with zero attached hydrogens (tertiary/aromatic N) is 2. The molecule has 0 spiro atoms. The molecule has 1 heterocycles. The van der Waals surface area contributed by atoms with E-state index in [9.17, 15) is 0 Å². The quantitative estimate of drug-likeness (QED) is 0.797. The molecule has 0 amide bonds. The molecule has 2 rings (SSSR count). The molecule has 90 valence electrons. The van der Waals surface area contributed by atoms with Gasteiger partial charge in [-0.1, -0.05) is 13.3 Å². The van der Waals surface area contributed by atoms with Gasteiger partial charge in [-0.3, -0.25) is 4.68 Å². The molecule has 0 radical (unpaired) electrons. The van der Waals surface area contributed by atoms with Crippen LogP contribution in [0.1, 0.15) is 52.5 Å². The fraction of sp³-hybridized carbons (Fsp3) is 0.769. The lowest BCUT2D eigenvalue weighted by Gasteiger charge is -2.17. The van der Waals surface area contributed by atoms with Crippen LogP contribution in [-0.4, -0.2) is 15.8 Å². The van der Waals surface area contributed by atoms with E-state index < -0.39 is 0 Å². The first-order valence-corrected chi connectivity index (χ1v) is 6.51. The monoisotopic (exact) mass is 221 g/mol. The van der Waals surface area contributed by atoms with Gasteiger partial charge in [0.1, 0.15) is 0 Å². The zero-order chi connectivity index (χ0) is 11.5. The minimum atomic E-state index is 0.445. The van der Waals surface area contributed by atoms with Crippen molar-refractivity contribution in [1.82, 2.24) is 9.78 Å². The van der Waals surface area contributed by atoms with Crippen LogP contribution in [0, 0.1) is 5.92 Å². The topological polar surface area (TPSA) is 29.9 Å².